The predicted molar refractivity (Wildman–Crippen MR) is 108 cm³/mol. The van der Waals surface area contributed by atoms with E-state index in [1.807, 2.05) is 35.2 Å². The number of benzene rings is 1. The molecule has 0 saturated carbocycles. The number of rotatable bonds is 6. The first kappa shape index (κ1) is 19.0. The van der Waals surface area contributed by atoms with Gasteiger partial charge in [0.2, 0.25) is 17.1 Å². The third-order valence-electron chi connectivity index (χ3n) is 4.05. The van der Waals surface area contributed by atoms with Crippen LogP contribution in [0, 0.1) is 10.1 Å². The summed E-state index contributed by atoms with van der Waals surface area (Å²) >= 11 is 1.22. The number of nitrogens with zero attached hydrogens (tertiary/aromatic N) is 6. The zero-order valence-electron chi connectivity index (χ0n) is 15.3. The molecule has 0 spiro atoms. The summed E-state index contributed by atoms with van der Waals surface area (Å²) in [5.41, 5.74) is 0.793. The van der Waals surface area contributed by atoms with Gasteiger partial charge >= 0.3 is 0 Å². The van der Waals surface area contributed by atoms with Crippen molar-refractivity contribution in [2.45, 2.75) is 10.2 Å². The average Bonchev–Trinajstić information content (AvgIpc) is 2.75. The van der Waals surface area contributed by atoms with Crippen LogP contribution in [0.25, 0.3) is 0 Å². The van der Waals surface area contributed by atoms with Gasteiger partial charge in [-0.15, -0.1) is 0 Å². The molecule has 0 bridgehead atoms. The van der Waals surface area contributed by atoms with Crippen molar-refractivity contribution in [3.8, 4) is 0 Å². The van der Waals surface area contributed by atoms with E-state index in [0.29, 0.717) is 48.4 Å². The van der Waals surface area contributed by atoms with E-state index in [4.69, 9.17) is 4.74 Å². The lowest BCUT2D eigenvalue weighted by Gasteiger charge is -2.27. The summed E-state index contributed by atoms with van der Waals surface area (Å²) in [4.78, 5) is 30.0. The van der Waals surface area contributed by atoms with Crippen molar-refractivity contribution in [2.24, 2.45) is 0 Å². The van der Waals surface area contributed by atoms with Crippen LogP contribution >= 0.6 is 11.8 Å². The summed E-state index contributed by atoms with van der Waals surface area (Å²) in [6.45, 7) is 2.60. The molecule has 0 aliphatic carbocycles. The molecule has 1 aromatic carbocycles. The van der Waals surface area contributed by atoms with Gasteiger partial charge in [0.25, 0.3) is 5.69 Å². The fraction of sp³-hybridized carbons (Fsp3) is 0.222. The Hall–Kier alpha value is -3.31. The SMILES string of the molecule is O=[N+]([O-])c1ccc(Sc2nc(Nc3ccccc3)nc(N3CCOCC3)n2)nc1. The summed E-state index contributed by atoms with van der Waals surface area (Å²) in [5, 5.41) is 15.0. The van der Waals surface area contributed by atoms with Crippen molar-refractivity contribution in [3.63, 3.8) is 0 Å². The zero-order valence-corrected chi connectivity index (χ0v) is 16.1. The van der Waals surface area contributed by atoms with Gasteiger partial charge in [-0.05, 0) is 30.0 Å². The Morgan fingerprint density at radius 1 is 1.07 bits per heavy atom. The lowest BCUT2D eigenvalue weighted by atomic mass is 10.3. The van der Waals surface area contributed by atoms with E-state index >= 15 is 0 Å². The highest BCUT2D eigenvalue weighted by molar-refractivity contribution is 7.99. The van der Waals surface area contributed by atoms with Gasteiger partial charge in [0, 0.05) is 24.8 Å². The number of aromatic nitrogens is 4. The van der Waals surface area contributed by atoms with Crippen LogP contribution in [0.1, 0.15) is 0 Å². The molecule has 1 saturated heterocycles. The highest BCUT2D eigenvalue weighted by Gasteiger charge is 2.18. The first-order valence-corrected chi connectivity index (χ1v) is 9.68. The Balaban J connectivity index is 1.62. The molecule has 1 fully saturated rings. The van der Waals surface area contributed by atoms with Gasteiger partial charge < -0.3 is 15.0 Å². The fourth-order valence-corrected chi connectivity index (χ4v) is 3.33. The molecule has 1 N–H and O–H groups in total. The maximum Gasteiger partial charge on any atom is 0.287 e. The summed E-state index contributed by atoms with van der Waals surface area (Å²) in [6.07, 6.45) is 1.22. The summed E-state index contributed by atoms with van der Waals surface area (Å²) in [5.74, 6) is 0.961. The first-order valence-electron chi connectivity index (χ1n) is 8.86. The van der Waals surface area contributed by atoms with Gasteiger partial charge in [-0.25, -0.2) is 4.98 Å². The highest BCUT2D eigenvalue weighted by Crippen LogP contribution is 2.27. The second-order valence-electron chi connectivity index (χ2n) is 6.05. The van der Waals surface area contributed by atoms with E-state index in [1.165, 1.54) is 24.0 Å². The van der Waals surface area contributed by atoms with Crippen molar-refractivity contribution in [3.05, 3.63) is 58.8 Å². The van der Waals surface area contributed by atoms with Gasteiger partial charge in [-0.1, -0.05) is 18.2 Å². The topological polar surface area (TPSA) is 119 Å². The van der Waals surface area contributed by atoms with Crippen molar-refractivity contribution in [2.75, 3.05) is 36.5 Å². The van der Waals surface area contributed by atoms with E-state index in [1.54, 1.807) is 6.07 Å². The molecule has 0 atom stereocenters. The van der Waals surface area contributed by atoms with Crippen LogP contribution in [0.15, 0.2) is 58.8 Å². The third-order valence-corrected chi connectivity index (χ3v) is 4.87. The van der Waals surface area contributed by atoms with Crippen LogP contribution in [0.5, 0.6) is 0 Å². The maximum absolute atomic E-state index is 10.8. The van der Waals surface area contributed by atoms with Crippen LogP contribution in [0.4, 0.5) is 23.3 Å². The van der Waals surface area contributed by atoms with Gasteiger partial charge in [-0.2, -0.15) is 15.0 Å². The Labute approximate surface area is 170 Å². The molecule has 4 rings (SSSR count). The van der Waals surface area contributed by atoms with Gasteiger partial charge in [0.05, 0.1) is 18.1 Å². The number of morpholine rings is 1. The molecule has 3 heterocycles. The molecule has 3 aromatic rings. The lowest BCUT2D eigenvalue weighted by Crippen LogP contribution is -2.37. The van der Waals surface area contributed by atoms with Gasteiger partial charge in [-0.3, -0.25) is 10.1 Å². The molecular formula is C18H17N7O3S. The summed E-state index contributed by atoms with van der Waals surface area (Å²) in [6, 6.07) is 12.6. The smallest absolute Gasteiger partial charge is 0.287 e. The molecule has 148 valence electrons. The molecule has 0 amide bonds. The second-order valence-corrected chi connectivity index (χ2v) is 7.03. The maximum atomic E-state index is 10.8. The van der Waals surface area contributed by atoms with Gasteiger partial charge in [0.1, 0.15) is 11.2 Å². The minimum absolute atomic E-state index is 0.0644. The minimum Gasteiger partial charge on any atom is -0.378 e. The number of nitrogens with one attached hydrogen (secondary N) is 1. The van der Waals surface area contributed by atoms with Crippen LogP contribution < -0.4 is 10.2 Å². The molecule has 11 heteroatoms. The standard InChI is InChI=1S/C18H17N7O3S/c26-25(27)14-6-7-15(19-12-14)29-18-22-16(20-13-4-2-1-3-5-13)21-17(23-18)24-8-10-28-11-9-24/h1-7,12H,8-11H2,(H,20,21,22,23). The summed E-state index contributed by atoms with van der Waals surface area (Å²) in [7, 11) is 0. The molecule has 2 aromatic heterocycles. The van der Waals surface area contributed by atoms with Crippen molar-refractivity contribution in [1.29, 1.82) is 0 Å². The number of nitro groups is 1. The van der Waals surface area contributed by atoms with Crippen molar-refractivity contribution < 1.29 is 9.66 Å². The van der Waals surface area contributed by atoms with Crippen LogP contribution in [-0.4, -0.2) is 51.2 Å². The number of para-hydroxylation sites is 1. The molecule has 29 heavy (non-hydrogen) atoms. The van der Waals surface area contributed by atoms with E-state index < -0.39 is 4.92 Å². The molecule has 1 aliphatic heterocycles. The quantitative estimate of drug-likeness (QED) is 0.479. The second kappa shape index (κ2) is 8.80. The van der Waals surface area contributed by atoms with E-state index in [9.17, 15) is 10.1 Å². The number of hydrogen-bond donors (Lipinski definition) is 1. The van der Waals surface area contributed by atoms with Crippen molar-refractivity contribution in [1.82, 2.24) is 19.9 Å². The van der Waals surface area contributed by atoms with Crippen LogP contribution in [-0.2, 0) is 4.74 Å². The Morgan fingerprint density at radius 2 is 1.86 bits per heavy atom. The number of anilines is 3. The third kappa shape index (κ3) is 4.95. The number of pyridine rings is 1. The molecule has 10 nitrogen and oxygen atoms in total. The molecular weight excluding hydrogens is 394 g/mol. The van der Waals surface area contributed by atoms with E-state index in [-0.39, 0.29) is 5.69 Å². The lowest BCUT2D eigenvalue weighted by molar-refractivity contribution is -0.385. The molecule has 1 aliphatic rings. The average molecular weight is 411 g/mol. The Kier molecular flexibility index (Phi) is 5.77. The summed E-state index contributed by atoms with van der Waals surface area (Å²) < 4.78 is 5.40. The van der Waals surface area contributed by atoms with E-state index in [2.05, 4.69) is 25.3 Å². The minimum atomic E-state index is -0.483. The normalized spacial score (nSPS) is 13.9. The number of hydrogen-bond acceptors (Lipinski definition) is 10. The highest BCUT2D eigenvalue weighted by atomic mass is 32.2. The van der Waals surface area contributed by atoms with Gasteiger partial charge in [0.15, 0.2) is 0 Å². The number of ether oxygens (including phenoxy) is 1. The Bertz CT molecular complexity index is 983. The monoisotopic (exact) mass is 411 g/mol. The molecule has 0 unspecified atom stereocenters. The van der Waals surface area contributed by atoms with Crippen molar-refractivity contribution >= 4 is 35.0 Å². The van der Waals surface area contributed by atoms with E-state index in [0.717, 1.165) is 5.69 Å². The first-order chi connectivity index (χ1) is 14.2. The van der Waals surface area contributed by atoms with Crippen LogP contribution in [0.2, 0.25) is 0 Å². The Morgan fingerprint density at radius 3 is 2.55 bits per heavy atom. The van der Waals surface area contributed by atoms with Crippen LogP contribution in [0.3, 0.4) is 0 Å². The molecule has 0 radical (unpaired) electrons. The fourth-order valence-electron chi connectivity index (χ4n) is 2.64. The largest absolute Gasteiger partial charge is 0.378 e. The zero-order chi connectivity index (χ0) is 20.1. The predicted octanol–water partition coefficient (Wildman–Crippen LogP) is 2.91.